The molecular weight excluding hydrogens is 240 g/mol. The Balaban J connectivity index is 1.97. The number of likely N-dealkylation sites (tertiary alicyclic amines) is 1. The maximum Gasteiger partial charge on any atom is 0.220 e. The van der Waals surface area contributed by atoms with E-state index in [-0.39, 0.29) is 6.10 Å². The van der Waals surface area contributed by atoms with Crippen LogP contribution in [0, 0.1) is 5.92 Å². The summed E-state index contributed by atoms with van der Waals surface area (Å²) in [6.45, 7) is 6.85. The summed E-state index contributed by atoms with van der Waals surface area (Å²) >= 11 is 0. The molecule has 3 N–H and O–H groups in total. The molecule has 2 unspecified atom stereocenters. The Labute approximate surface area is 114 Å². The number of β-amino-alcohol motifs (C(OH)–C–C–N with tert-alkyl or cyclic N) is 1. The molecule has 0 amide bonds. The van der Waals surface area contributed by atoms with Crippen molar-refractivity contribution in [3.63, 3.8) is 0 Å². The van der Waals surface area contributed by atoms with Crippen LogP contribution in [-0.2, 0) is 0 Å². The molecule has 1 aromatic heterocycles. The smallest absolute Gasteiger partial charge is 0.220 e. The Morgan fingerprint density at radius 2 is 2.32 bits per heavy atom. The minimum absolute atomic E-state index is 0.255. The predicted molar refractivity (Wildman–Crippen MR) is 75.7 cm³/mol. The van der Waals surface area contributed by atoms with Gasteiger partial charge in [-0.15, -0.1) is 0 Å². The second-order valence-electron chi connectivity index (χ2n) is 5.75. The van der Waals surface area contributed by atoms with Crippen LogP contribution in [0.25, 0.3) is 0 Å². The first-order chi connectivity index (χ1) is 9.06. The van der Waals surface area contributed by atoms with Gasteiger partial charge in [0, 0.05) is 25.2 Å². The molecule has 0 spiro atoms. The van der Waals surface area contributed by atoms with Gasteiger partial charge < -0.3 is 15.7 Å². The van der Waals surface area contributed by atoms with Crippen molar-refractivity contribution in [2.45, 2.75) is 38.7 Å². The lowest BCUT2D eigenvalue weighted by molar-refractivity contribution is 0.0641. The van der Waals surface area contributed by atoms with Gasteiger partial charge in [0.25, 0.3) is 0 Å². The van der Waals surface area contributed by atoms with E-state index in [1.807, 2.05) is 6.07 Å². The molecule has 5 heteroatoms. The standard InChI is InChI=1S/C14H24N4O/c1-10(2)13(19)9-18-7-3-4-11(8-18)12-5-6-16-14(15)17-12/h5-6,10-11,13,19H,3-4,7-9H2,1-2H3,(H2,15,16,17). The van der Waals surface area contributed by atoms with Crippen LogP contribution in [-0.4, -0.2) is 45.7 Å². The number of nitrogen functional groups attached to an aromatic ring is 1. The van der Waals surface area contributed by atoms with Gasteiger partial charge in [-0.25, -0.2) is 9.97 Å². The Morgan fingerprint density at radius 3 is 3.00 bits per heavy atom. The van der Waals surface area contributed by atoms with E-state index >= 15 is 0 Å². The van der Waals surface area contributed by atoms with Crippen LogP contribution in [0.3, 0.4) is 0 Å². The van der Waals surface area contributed by atoms with E-state index in [0.717, 1.165) is 38.2 Å². The van der Waals surface area contributed by atoms with Gasteiger partial charge in [-0.2, -0.15) is 0 Å². The number of hydrogen-bond donors (Lipinski definition) is 2. The summed E-state index contributed by atoms with van der Waals surface area (Å²) in [5.74, 6) is 1.05. The topological polar surface area (TPSA) is 75.3 Å². The van der Waals surface area contributed by atoms with E-state index < -0.39 is 0 Å². The minimum Gasteiger partial charge on any atom is -0.392 e. The van der Waals surface area contributed by atoms with Crippen LogP contribution in [0.4, 0.5) is 5.95 Å². The number of aliphatic hydroxyl groups is 1. The molecule has 0 aromatic carbocycles. The number of aliphatic hydroxyl groups excluding tert-OH is 1. The highest BCUT2D eigenvalue weighted by molar-refractivity contribution is 5.20. The van der Waals surface area contributed by atoms with Gasteiger partial charge in [-0.1, -0.05) is 13.8 Å². The van der Waals surface area contributed by atoms with Gasteiger partial charge in [0.05, 0.1) is 11.8 Å². The van der Waals surface area contributed by atoms with Crippen molar-refractivity contribution in [1.29, 1.82) is 0 Å². The molecule has 106 valence electrons. The molecular formula is C14H24N4O. The lowest BCUT2D eigenvalue weighted by Crippen LogP contribution is -2.41. The lowest BCUT2D eigenvalue weighted by atomic mass is 9.94. The molecule has 0 saturated carbocycles. The van der Waals surface area contributed by atoms with Crippen LogP contribution < -0.4 is 5.73 Å². The van der Waals surface area contributed by atoms with Gasteiger partial charge in [-0.05, 0) is 31.4 Å². The van der Waals surface area contributed by atoms with Gasteiger partial charge in [0.1, 0.15) is 0 Å². The maximum atomic E-state index is 9.99. The molecule has 1 saturated heterocycles. The van der Waals surface area contributed by atoms with Crippen LogP contribution in [0.1, 0.15) is 38.3 Å². The van der Waals surface area contributed by atoms with Crippen LogP contribution in [0.2, 0.25) is 0 Å². The normalized spacial score (nSPS) is 22.6. The summed E-state index contributed by atoms with van der Waals surface area (Å²) < 4.78 is 0. The molecule has 1 aliphatic rings. The zero-order chi connectivity index (χ0) is 13.8. The number of nitrogens with zero attached hydrogens (tertiary/aromatic N) is 3. The van der Waals surface area contributed by atoms with Gasteiger partial charge >= 0.3 is 0 Å². The molecule has 0 aliphatic carbocycles. The second-order valence-corrected chi connectivity index (χ2v) is 5.75. The third-order valence-electron chi connectivity index (χ3n) is 3.83. The third kappa shape index (κ3) is 3.88. The van der Waals surface area contributed by atoms with Gasteiger partial charge in [-0.3, -0.25) is 0 Å². The summed E-state index contributed by atoms with van der Waals surface area (Å²) in [4.78, 5) is 10.6. The first kappa shape index (κ1) is 14.2. The van der Waals surface area contributed by atoms with Crippen LogP contribution in [0.5, 0.6) is 0 Å². The summed E-state index contributed by atoms with van der Waals surface area (Å²) in [5, 5.41) is 9.99. The maximum absolute atomic E-state index is 9.99. The van der Waals surface area contributed by atoms with E-state index in [2.05, 4.69) is 28.7 Å². The van der Waals surface area contributed by atoms with Crippen LogP contribution >= 0.6 is 0 Å². The molecule has 1 aliphatic heterocycles. The summed E-state index contributed by atoms with van der Waals surface area (Å²) in [7, 11) is 0. The molecule has 0 radical (unpaired) electrons. The highest BCUT2D eigenvalue weighted by Gasteiger charge is 2.24. The zero-order valence-electron chi connectivity index (χ0n) is 11.8. The Kier molecular flexibility index (Phi) is 4.71. The summed E-state index contributed by atoms with van der Waals surface area (Å²) in [5.41, 5.74) is 6.67. The number of rotatable bonds is 4. The van der Waals surface area contributed by atoms with E-state index in [0.29, 0.717) is 17.8 Å². The fourth-order valence-electron chi connectivity index (χ4n) is 2.55. The molecule has 5 nitrogen and oxygen atoms in total. The molecule has 2 heterocycles. The highest BCUT2D eigenvalue weighted by atomic mass is 16.3. The third-order valence-corrected chi connectivity index (χ3v) is 3.83. The Hall–Kier alpha value is -1.20. The largest absolute Gasteiger partial charge is 0.392 e. The van der Waals surface area contributed by atoms with E-state index in [9.17, 15) is 5.11 Å². The van der Waals surface area contributed by atoms with E-state index in [4.69, 9.17) is 5.73 Å². The number of piperidine rings is 1. The van der Waals surface area contributed by atoms with Crippen molar-refractivity contribution in [2.24, 2.45) is 5.92 Å². The van der Waals surface area contributed by atoms with Crippen molar-refractivity contribution >= 4 is 5.95 Å². The lowest BCUT2D eigenvalue weighted by Gasteiger charge is -2.34. The number of hydrogen-bond acceptors (Lipinski definition) is 5. The molecule has 1 aromatic rings. The summed E-state index contributed by atoms with van der Waals surface area (Å²) in [6.07, 6.45) is 3.73. The minimum atomic E-state index is -0.255. The average Bonchev–Trinajstić information content (AvgIpc) is 2.39. The number of aromatic nitrogens is 2. The molecule has 2 rings (SSSR count). The molecule has 19 heavy (non-hydrogen) atoms. The molecule has 0 bridgehead atoms. The molecule has 2 atom stereocenters. The van der Waals surface area contributed by atoms with Crippen molar-refractivity contribution in [3.05, 3.63) is 18.0 Å². The monoisotopic (exact) mass is 264 g/mol. The van der Waals surface area contributed by atoms with Crippen LogP contribution in [0.15, 0.2) is 12.3 Å². The van der Waals surface area contributed by atoms with Gasteiger partial charge in [0.15, 0.2) is 0 Å². The first-order valence-corrected chi connectivity index (χ1v) is 7.05. The van der Waals surface area contributed by atoms with Gasteiger partial charge in [0.2, 0.25) is 5.95 Å². The SMILES string of the molecule is CC(C)C(O)CN1CCCC(c2ccnc(N)n2)C1. The van der Waals surface area contributed by atoms with Crippen molar-refractivity contribution in [2.75, 3.05) is 25.4 Å². The average molecular weight is 264 g/mol. The second kappa shape index (κ2) is 6.30. The quantitative estimate of drug-likeness (QED) is 0.856. The van der Waals surface area contributed by atoms with Crippen molar-refractivity contribution < 1.29 is 5.11 Å². The fraction of sp³-hybridized carbons (Fsp3) is 0.714. The van der Waals surface area contributed by atoms with Crippen molar-refractivity contribution in [3.8, 4) is 0 Å². The van der Waals surface area contributed by atoms with E-state index in [1.165, 1.54) is 0 Å². The predicted octanol–water partition coefficient (Wildman–Crippen LogP) is 1.26. The molecule has 1 fully saturated rings. The number of nitrogens with two attached hydrogens (primary N) is 1. The van der Waals surface area contributed by atoms with Crippen molar-refractivity contribution in [1.82, 2.24) is 14.9 Å². The first-order valence-electron chi connectivity index (χ1n) is 7.05. The zero-order valence-corrected chi connectivity index (χ0v) is 11.8. The Morgan fingerprint density at radius 1 is 1.53 bits per heavy atom. The van der Waals surface area contributed by atoms with E-state index in [1.54, 1.807) is 6.20 Å². The Bertz CT molecular complexity index is 410. The fourth-order valence-corrected chi connectivity index (χ4v) is 2.55. The highest BCUT2D eigenvalue weighted by Crippen LogP contribution is 2.26. The number of anilines is 1. The summed E-state index contributed by atoms with van der Waals surface area (Å²) in [6, 6.07) is 1.95.